The fraction of sp³-hybridized carbons (Fsp3) is 0.615. The second kappa shape index (κ2) is 5.21. The number of rotatable bonds is 4. The molecule has 0 bridgehead atoms. The van der Waals surface area contributed by atoms with E-state index in [1.165, 1.54) is 0 Å². The maximum Gasteiger partial charge on any atom is 0.214 e. The highest BCUT2D eigenvalue weighted by Gasteiger charge is 2.33. The van der Waals surface area contributed by atoms with Crippen LogP contribution in [0.1, 0.15) is 12.8 Å². The van der Waals surface area contributed by atoms with E-state index in [-0.39, 0.29) is 0 Å². The molecule has 3 rings (SSSR count). The first-order chi connectivity index (χ1) is 9.54. The number of nitrogens with zero attached hydrogens (tertiary/aromatic N) is 3. The molecule has 1 aromatic heterocycles. The smallest absolute Gasteiger partial charge is 0.214 e. The highest BCUT2D eigenvalue weighted by molar-refractivity contribution is 7.89. The van der Waals surface area contributed by atoms with Gasteiger partial charge in [0.1, 0.15) is 5.82 Å². The largest absolute Gasteiger partial charge is 0.397 e. The Kier molecular flexibility index (Phi) is 3.55. The molecule has 110 valence electrons. The molecule has 0 spiro atoms. The Bertz CT molecular complexity index is 561. The van der Waals surface area contributed by atoms with Crippen molar-refractivity contribution in [1.29, 1.82) is 0 Å². The lowest BCUT2D eigenvalue weighted by molar-refractivity contribution is 0.383. The van der Waals surface area contributed by atoms with Crippen LogP contribution in [0, 0.1) is 5.92 Å². The van der Waals surface area contributed by atoms with Gasteiger partial charge in [-0.1, -0.05) is 0 Å². The SMILES string of the molecule is Nc1ccc(N2CCN(S(=O)(=O)CC3CC3)CC2)nc1. The summed E-state index contributed by atoms with van der Waals surface area (Å²) >= 11 is 0. The van der Waals surface area contributed by atoms with Crippen LogP contribution in [0.25, 0.3) is 0 Å². The average molecular weight is 296 g/mol. The van der Waals surface area contributed by atoms with Crippen LogP contribution in [0.3, 0.4) is 0 Å². The maximum atomic E-state index is 12.2. The van der Waals surface area contributed by atoms with Gasteiger partial charge in [0.2, 0.25) is 10.0 Å². The summed E-state index contributed by atoms with van der Waals surface area (Å²) < 4.78 is 26.0. The Morgan fingerprint density at radius 3 is 2.45 bits per heavy atom. The molecule has 0 aromatic carbocycles. The van der Waals surface area contributed by atoms with Gasteiger partial charge in [-0.25, -0.2) is 13.4 Å². The summed E-state index contributed by atoms with van der Waals surface area (Å²) in [6.07, 6.45) is 3.76. The van der Waals surface area contributed by atoms with Crippen molar-refractivity contribution in [3.63, 3.8) is 0 Å². The number of hydrogen-bond donors (Lipinski definition) is 1. The fourth-order valence-electron chi connectivity index (χ4n) is 2.47. The second-order valence-corrected chi connectivity index (χ2v) is 7.57. The molecule has 2 N–H and O–H groups in total. The minimum Gasteiger partial charge on any atom is -0.397 e. The highest BCUT2D eigenvalue weighted by atomic mass is 32.2. The van der Waals surface area contributed by atoms with Crippen LogP contribution in [0.4, 0.5) is 11.5 Å². The quantitative estimate of drug-likeness (QED) is 0.876. The van der Waals surface area contributed by atoms with Crippen LogP contribution in [0.2, 0.25) is 0 Å². The standard InChI is InChI=1S/C13H20N4O2S/c14-12-3-4-13(15-9-12)16-5-7-17(8-6-16)20(18,19)10-11-1-2-11/h3-4,9,11H,1-2,5-8,10,14H2. The van der Waals surface area contributed by atoms with Crippen LogP contribution in [0.15, 0.2) is 18.3 Å². The molecule has 1 aliphatic heterocycles. The Morgan fingerprint density at radius 1 is 1.20 bits per heavy atom. The lowest BCUT2D eigenvalue weighted by atomic mass is 10.3. The van der Waals surface area contributed by atoms with Crippen LogP contribution in [0.5, 0.6) is 0 Å². The van der Waals surface area contributed by atoms with Crippen molar-refractivity contribution in [3.8, 4) is 0 Å². The van der Waals surface area contributed by atoms with E-state index in [4.69, 9.17) is 5.73 Å². The highest BCUT2D eigenvalue weighted by Crippen LogP contribution is 2.31. The second-order valence-electron chi connectivity index (χ2n) is 5.56. The molecule has 0 unspecified atom stereocenters. The molecule has 2 fully saturated rings. The number of nitrogen functional groups attached to an aromatic ring is 1. The molecule has 1 aromatic rings. The van der Waals surface area contributed by atoms with E-state index in [1.54, 1.807) is 10.5 Å². The summed E-state index contributed by atoms with van der Waals surface area (Å²) in [6, 6.07) is 3.70. The van der Waals surface area contributed by atoms with Crippen LogP contribution in [-0.4, -0.2) is 49.6 Å². The van der Waals surface area contributed by atoms with Gasteiger partial charge in [0.15, 0.2) is 0 Å². The monoisotopic (exact) mass is 296 g/mol. The molecule has 6 nitrogen and oxygen atoms in total. The molecule has 2 aliphatic rings. The zero-order chi connectivity index (χ0) is 14.2. The number of pyridine rings is 1. The summed E-state index contributed by atoms with van der Waals surface area (Å²) in [5.74, 6) is 1.59. The predicted molar refractivity (Wildman–Crippen MR) is 78.9 cm³/mol. The Hall–Kier alpha value is -1.34. The van der Waals surface area contributed by atoms with Crippen molar-refractivity contribution >= 4 is 21.5 Å². The van der Waals surface area contributed by atoms with Gasteiger partial charge in [0.05, 0.1) is 17.6 Å². The molecule has 1 saturated carbocycles. The van der Waals surface area contributed by atoms with E-state index in [0.29, 0.717) is 43.5 Å². The molecular formula is C13H20N4O2S. The molecule has 20 heavy (non-hydrogen) atoms. The van der Waals surface area contributed by atoms with Crippen molar-refractivity contribution in [3.05, 3.63) is 18.3 Å². The Labute approximate surface area is 119 Å². The van der Waals surface area contributed by atoms with E-state index in [1.807, 2.05) is 12.1 Å². The molecule has 0 radical (unpaired) electrons. The number of piperazine rings is 1. The Balaban J connectivity index is 1.60. The van der Waals surface area contributed by atoms with E-state index >= 15 is 0 Å². The summed E-state index contributed by atoms with van der Waals surface area (Å²) in [7, 11) is -3.07. The van der Waals surface area contributed by atoms with E-state index in [9.17, 15) is 8.42 Å². The fourth-order valence-corrected chi connectivity index (χ4v) is 4.33. The first kappa shape index (κ1) is 13.6. The summed E-state index contributed by atoms with van der Waals surface area (Å²) in [5.41, 5.74) is 6.26. The zero-order valence-electron chi connectivity index (χ0n) is 11.4. The maximum absolute atomic E-state index is 12.2. The van der Waals surface area contributed by atoms with Gasteiger partial charge in [-0.2, -0.15) is 4.31 Å². The zero-order valence-corrected chi connectivity index (χ0v) is 12.2. The van der Waals surface area contributed by atoms with Crippen LogP contribution in [-0.2, 0) is 10.0 Å². The van der Waals surface area contributed by atoms with Gasteiger partial charge in [0, 0.05) is 26.2 Å². The number of nitrogens with two attached hydrogens (primary N) is 1. The first-order valence-corrected chi connectivity index (χ1v) is 8.60. The lowest BCUT2D eigenvalue weighted by Gasteiger charge is -2.34. The van der Waals surface area contributed by atoms with Crippen LogP contribution >= 0.6 is 0 Å². The van der Waals surface area contributed by atoms with Gasteiger partial charge in [-0.05, 0) is 30.9 Å². The third-order valence-electron chi connectivity index (χ3n) is 3.87. The van der Waals surface area contributed by atoms with Crippen molar-refractivity contribution in [2.24, 2.45) is 5.92 Å². The van der Waals surface area contributed by atoms with Gasteiger partial charge < -0.3 is 10.6 Å². The minimum absolute atomic E-state index is 0.327. The summed E-state index contributed by atoms with van der Waals surface area (Å²) in [4.78, 5) is 6.38. The predicted octanol–water partition coefficient (Wildman–Crippen LogP) is 0.526. The number of aromatic nitrogens is 1. The van der Waals surface area contributed by atoms with Crippen molar-refractivity contribution in [2.75, 3.05) is 42.6 Å². The van der Waals surface area contributed by atoms with Gasteiger partial charge in [-0.15, -0.1) is 0 Å². The first-order valence-electron chi connectivity index (χ1n) is 6.99. The molecular weight excluding hydrogens is 276 g/mol. The van der Waals surface area contributed by atoms with Crippen molar-refractivity contribution < 1.29 is 8.42 Å². The van der Waals surface area contributed by atoms with Gasteiger partial charge in [-0.3, -0.25) is 0 Å². The van der Waals surface area contributed by atoms with E-state index in [2.05, 4.69) is 9.88 Å². The minimum atomic E-state index is -3.07. The van der Waals surface area contributed by atoms with E-state index < -0.39 is 10.0 Å². The van der Waals surface area contributed by atoms with Crippen LogP contribution < -0.4 is 10.6 Å². The molecule has 0 amide bonds. The summed E-state index contributed by atoms with van der Waals surface area (Å²) in [5, 5.41) is 0. The van der Waals surface area contributed by atoms with Crippen molar-refractivity contribution in [2.45, 2.75) is 12.8 Å². The van der Waals surface area contributed by atoms with Crippen molar-refractivity contribution in [1.82, 2.24) is 9.29 Å². The normalized spacial score (nSPS) is 21.1. The number of anilines is 2. The molecule has 2 heterocycles. The summed E-state index contributed by atoms with van der Waals surface area (Å²) in [6.45, 7) is 2.45. The number of hydrogen-bond acceptors (Lipinski definition) is 5. The molecule has 0 atom stereocenters. The van der Waals surface area contributed by atoms with Gasteiger partial charge >= 0.3 is 0 Å². The molecule has 1 saturated heterocycles. The third-order valence-corrected chi connectivity index (χ3v) is 5.91. The topological polar surface area (TPSA) is 79.5 Å². The average Bonchev–Trinajstić information content (AvgIpc) is 3.23. The van der Waals surface area contributed by atoms with Gasteiger partial charge in [0.25, 0.3) is 0 Å². The Morgan fingerprint density at radius 2 is 1.90 bits per heavy atom. The number of sulfonamides is 1. The van der Waals surface area contributed by atoms with E-state index in [0.717, 1.165) is 18.7 Å². The molecule has 1 aliphatic carbocycles. The lowest BCUT2D eigenvalue weighted by Crippen LogP contribution is -2.49. The molecule has 7 heteroatoms. The third kappa shape index (κ3) is 3.04.